The standard InChI is InChI=1S/C23H31N3O5S2/c1-2-15-25-32(28,29)21-10-5-19(6-11-21)9-14-23(27)24-18-20-7-12-22(13-8-20)33(30,31)26-16-3-4-17-26/h5-8,10-13,25H,2-4,9,14-18H2,1H3,(H,24,27). The Balaban J connectivity index is 1.47. The van der Waals surface area contributed by atoms with Crippen molar-refractivity contribution in [2.75, 3.05) is 19.6 Å². The van der Waals surface area contributed by atoms with Crippen LogP contribution in [0.5, 0.6) is 0 Å². The van der Waals surface area contributed by atoms with Gasteiger partial charge in [-0.1, -0.05) is 31.2 Å². The molecule has 1 aliphatic rings. The maximum absolute atomic E-state index is 12.6. The average molecular weight is 494 g/mol. The van der Waals surface area contributed by atoms with Crippen LogP contribution in [-0.4, -0.2) is 46.7 Å². The molecule has 1 aliphatic heterocycles. The number of hydrogen-bond donors (Lipinski definition) is 2. The third-order valence-corrected chi connectivity index (χ3v) is 8.92. The largest absolute Gasteiger partial charge is 0.352 e. The van der Waals surface area contributed by atoms with Crippen LogP contribution in [0.4, 0.5) is 0 Å². The van der Waals surface area contributed by atoms with Crippen molar-refractivity contribution in [1.29, 1.82) is 0 Å². The highest BCUT2D eigenvalue weighted by Gasteiger charge is 2.26. The molecule has 0 spiro atoms. The molecule has 10 heteroatoms. The van der Waals surface area contributed by atoms with E-state index in [1.807, 2.05) is 6.92 Å². The van der Waals surface area contributed by atoms with Gasteiger partial charge in [-0.3, -0.25) is 4.79 Å². The van der Waals surface area contributed by atoms with Gasteiger partial charge < -0.3 is 5.32 Å². The van der Waals surface area contributed by atoms with E-state index in [1.54, 1.807) is 48.5 Å². The van der Waals surface area contributed by atoms with Gasteiger partial charge in [0.1, 0.15) is 0 Å². The fourth-order valence-electron chi connectivity index (χ4n) is 3.56. The van der Waals surface area contributed by atoms with Crippen molar-refractivity contribution < 1.29 is 21.6 Å². The number of aryl methyl sites for hydroxylation is 1. The summed E-state index contributed by atoms with van der Waals surface area (Å²) in [5, 5.41) is 2.84. The Bertz CT molecular complexity index is 1140. The van der Waals surface area contributed by atoms with Crippen LogP contribution in [0.25, 0.3) is 0 Å². The predicted octanol–water partition coefficient (Wildman–Crippen LogP) is 2.41. The Morgan fingerprint density at radius 2 is 1.45 bits per heavy atom. The van der Waals surface area contributed by atoms with Crippen LogP contribution in [0.3, 0.4) is 0 Å². The first-order valence-electron chi connectivity index (χ1n) is 11.2. The molecule has 3 rings (SSSR count). The number of sulfonamides is 2. The second-order valence-corrected chi connectivity index (χ2v) is 11.8. The van der Waals surface area contributed by atoms with E-state index in [2.05, 4.69) is 10.0 Å². The summed E-state index contributed by atoms with van der Waals surface area (Å²) in [6, 6.07) is 13.1. The highest BCUT2D eigenvalue weighted by molar-refractivity contribution is 7.89. The van der Waals surface area contributed by atoms with E-state index in [-0.39, 0.29) is 22.1 Å². The third kappa shape index (κ3) is 6.86. The second-order valence-electron chi connectivity index (χ2n) is 8.07. The van der Waals surface area contributed by atoms with E-state index in [1.165, 1.54) is 4.31 Å². The van der Waals surface area contributed by atoms with Crippen molar-refractivity contribution in [2.45, 2.75) is 55.4 Å². The van der Waals surface area contributed by atoms with Crippen LogP contribution in [0, 0.1) is 0 Å². The second kappa shape index (κ2) is 11.2. The molecule has 0 bridgehead atoms. The summed E-state index contributed by atoms with van der Waals surface area (Å²) >= 11 is 0. The molecule has 8 nitrogen and oxygen atoms in total. The molecule has 0 radical (unpaired) electrons. The quantitative estimate of drug-likeness (QED) is 0.499. The van der Waals surface area contributed by atoms with Crippen LogP contribution in [-0.2, 0) is 37.8 Å². The zero-order valence-electron chi connectivity index (χ0n) is 18.8. The number of hydrogen-bond acceptors (Lipinski definition) is 5. The smallest absolute Gasteiger partial charge is 0.243 e. The first-order chi connectivity index (χ1) is 15.7. The summed E-state index contributed by atoms with van der Waals surface area (Å²) < 4.78 is 53.4. The summed E-state index contributed by atoms with van der Waals surface area (Å²) in [4.78, 5) is 12.7. The van der Waals surface area contributed by atoms with E-state index in [0.29, 0.717) is 39.0 Å². The first kappa shape index (κ1) is 25.4. The van der Waals surface area contributed by atoms with Crippen molar-refractivity contribution >= 4 is 26.0 Å². The minimum atomic E-state index is -3.50. The van der Waals surface area contributed by atoms with Gasteiger partial charge in [-0.25, -0.2) is 21.6 Å². The zero-order valence-corrected chi connectivity index (χ0v) is 20.4. The van der Waals surface area contributed by atoms with E-state index in [4.69, 9.17) is 0 Å². The molecule has 2 N–H and O–H groups in total. The van der Waals surface area contributed by atoms with Crippen molar-refractivity contribution in [3.63, 3.8) is 0 Å². The summed E-state index contributed by atoms with van der Waals surface area (Å²) in [5.74, 6) is -0.134. The Morgan fingerprint density at radius 1 is 0.879 bits per heavy atom. The van der Waals surface area contributed by atoms with Crippen LogP contribution in [0.2, 0.25) is 0 Å². The van der Waals surface area contributed by atoms with E-state index >= 15 is 0 Å². The molecule has 0 atom stereocenters. The summed E-state index contributed by atoms with van der Waals surface area (Å²) in [5.41, 5.74) is 1.69. The minimum absolute atomic E-state index is 0.134. The maximum Gasteiger partial charge on any atom is 0.243 e. The summed E-state index contributed by atoms with van der Waals surface area (Å²) in [6.45, 7) is 3.72. The maximum atomic E-state index is 12.6. The number of rotatable bonds is 11. The molecule has 0 aromatic heterocycles. The van der Waals surface area contributed by atoms with Crippen LogP contribution < -0.4 is 10.0 Å². The molecule has 1 heterocycles. The molecular formula is C23H31N3O5S2. The topological polar surface area (TPSA) is 113 Å². The highest BCUT2D eigenvalue weighted by Crippen LogP contribution is 2.21. The van der Waals surface area contributed by atoms with Crippen molar-refractivity contribution in [3.05, 3.63) is 59.7 Å². The van der Waals surface area contributed by atoms with Gasteiger partial charge in [0.05, 0.1) is 9.79 Å². The Morgan fingerprint density at radius 3 is 2.06 bits per heavy atom. The Labute approximate surface area is 196 Å². The molecule has 33 heavy (non-hydrogen) atoms. The lowest BCUT2D eigenvalue weighted by molar-refractivity contribution is -0.121. The lowest BCUT2D eigenvalue weighted by Gasteiger charge is -2.15. The lowest BCUT2D eigenvalue weighted by atomic mass is 10.1. The van der Waals surface area contributed by atoms with Crippen molar-refractivity contribution in [2.24, 2.45) is 0 Å². The average Bonchev–Trinajstić information content (AvgIpc) is 3.37. The molecule has 180 valence electrons. The fraction of sp³-hybridized carbons (Fsp3) is 0.435. The van der Waals surface area contributed by atoms with Gasteiger partial charge in [0, 0.05) is 32.6 Å². The molecule has 0 unspecified atom stereocenters. The summed E-state index contributed by atoms with van der Waals surface area (Å²) in [7, 11) is -6.94. The Hall–Kier alpha value is -2.27. The molecule has 1 saturated heterocycles. The van der Waals surface area contributed by atoms with Gasteiger partial charge in [0.2, 0.25) is 26.0 Å². The van der Waals surface area contributed by atoms with Crippen molar-refractivity contribution in [1.82, 2.24) is 14.3 Å². The summed E-state index contributed by atoms with van der Waals surface area (Å²) in [6.07, 6.45) is 3.25. The number of carbonyl (C=O) groups excluding carboxylic acids is 1. The highest BCUT2D eigenvalue weighted by atomic mass is 32.2. The fourth-order valence-corrected chi connectivity index (χ4v) is 6.21. The lowest BCUT2D eigenvalue weighted by Crippen LogP contribution is -2.28. The third-order valence-electron chi connectivity index (χ3n) is 5.53. The molecular weight excluding hydrogens is 462 g/mol. The van der Waals surface area contributed by atoms with Gasteiger partial charge >= 0.3 is 0 Å². The molecule has 0 aliphatic carbocycles. The Kier molecular flexibility index (Phi) is 8.63. The number of nitrogens with zero attached hydrogens (tertiary/aromatic N) is 1. The van der Waals surface area contributed by atoms with Gasteiger partial charge in [-0.2, -0.15) is 4.31 Å². The number of benzene rings is 2. The number of amides is 1. The first-order valence-corrected chi connectivity index (χ1v) is 14.1. The van der Waals surface area contributed by atoms with Gasteiger partial charge in [0.15, 0.2) is 0 Å². The molecule has 1 amide bonds. The van der Waals surface area contributed by atoms with Crippen molar-refractivity contribution in [3.8, 4) is 0 Å². The van der Waals surface area contributed by atoms with E-state index < -0.39 is 20.0 Å². The molecule has 1 fully saturated rings. The molecule has 2 aromatic rings. The van der Waals surface area contributed by atoms with Crippen LogP contribution in [0.15, 0.2) is 58.3 Å². The monoisotopic (exact) mass is 493 g/mol. The normalized spacial score (nSPS) is 14.9. The van der Waals surface area contributed by atoms with Crippen LogP contribution >= 0.6 is 0 Å². The van der Waals surface area contributed by atoms with Gasteiger partial charge in [-0.05, 0) is 61.1 Å². The number of nitrogens with one attached hydrogen (secondary N) is 2. The van der Waals surface area contributed by atoms with Crippen LogP contribution in [0.1, 0.15) is 43.7 Å². The number of carbonyl (C=O) groups is 1. The zero-order chi connectivity index (χ0) is 23.9. The van der Waals surface area contributed by atoms with E-state index in [0.717, 1.165) is 24.0 Å². The predicted molar refractivity (Wildman–Crippen MR) is 127 cm³/mol. The van der Waals surface area contributed by atoms with E-state index in [9.17, 15) is 21.6 Å². The SMILES string of the molecule is CCCNS(=O)(=O)c1ccc(CCC(=O)NCc2ccc(S(=O)(=O)N3CCCC3)cc2)cc1. The molecule has 0 saturated carbocycles. The van der Waals surface area contributed by atoms with Gasteiger partial charge in [0.25, 0.3) is 0 Å². The minimum Gasteiger partial charge on any atom is -0.352 e. The molecule has 2 aromatic carbocycles. The van der Waals surface area contributed by atoms with Gasteiger partial charge in [-0.15, -0.1) is 0 Å².